The molecular formula is C12H20. The topological polar surface area (TPSA) is 0 Å². The zero-order valence-corrected chi connectivity index (χ0v) is 8.72. The summed E-state index contributed by atoms with van der Waals surface area (Å²) < 4.78 is 0. The maximum Gasteiger partial charge on any atom is -0.0109 e. The first-order valence-electron chi connectivity index (χ1n) is 4.96. The van der Waals surface area contributed by atoms with Crippen molar-refractivity contribution >= 4 is 0 Å². The highest BCUT2D eigenvalue weighted by Crippen LogP contribution is 2.36. The molecule has 0 amide bonds. The lowest BCUT2D eigenvalue weighted by atomic mass is 9.75. The molecule has 0 aromatic rings. The van der Waals surface area contributed by atoms with Crippen molar-refractivity contribution in [1.29, 1.82) is 0 Å². The summed E-state index contributed by atoms with van der Waals surface area (Å²) in [6.07, 6.45) is 9.34. The third-order valence-electron chi connectivity index (χ3n) is 2.97. The van der Waals surface area contributed by atoms with Gasteiger partial charge in [-0.25, -0.2) is 0 Å². The Balaban J connectivity index is 2.73. The third-order valence-corrected chi connectivity index (χ3v) is 2.97. The van der Waals surface area contributed by atoms with Crippen LogP contribution in [0.2, 0.25) is 0 Å². The van der Waals surface area contributed by atoms with Gasteiger partial charge in [0.25, 0.3) is 0 Å². The summed E-state index contributed by atoms with van der Waals surface area (Å²) in [7, 11) is 0. The van der Waals surface area contributed by atoms with Crippen molar-refractivity contribution in [3.05, 3.63) is 23.8 Å². The van der Waals surface area contributed by atoms with Crippen LogP contribution < -0.4 is 0 Å². The van der Waals surface area contributed by atoms with Crippen LogP contribution >= 0.6 is 0 Å². The zero-order valence-electron chi connectivity index (χ0n) is 8.72. The molecule has 0 aromatic heterocycles. The van der Waals surface area contributed by atoms with Crippen molar-refractivity contribution < 1.29 is 0 Å². The normalized spacial score (nSPS) is 29.2. The second kappa shape index (κ2) is 3.47. The van der Waals surface area contributed by atoms with Gasteiger partial charge in [-0.1, -0.05) is 51.5 Å². The summed E-state index contributed by atoms with van der Waals surface area (Å²) in [6.45, 7) is 9.18. The average Bonchev–Trinajstić information content (AvgIpc) is 2.05. The minimum Gasteiger partial charge on any atom is -0.0783 e. The first-order valence-corrected chi connectivity index (χ1v) is 4.96. The van der Waals surface area contributed by atoms with Crippen molar-refractivity contribution in [2.75, 3.05) is 0 Å². The Morgan fingerprint density at radius 1 is 1.50 bits per heavy atom. The van der Waals surface area contributed by atoms with E-state index < -0.39 is 0 Å². The van der Waals surface area contributed by atoms with Gasteiger partial charge in [0.2, 0.25) is 0 Å². The van der Waals surface area contributed by atoms with Crippen LogP contribution in [0, 0.1) is 11.3 Å². The Kier molecular flexibility index (Phi) is 2.76. The van der Waals surface area contributed by atoms with E-state index in [1.54, 1.807) is 5.57 Å². The highest BCUT2D eigenvalue weighted by atomic mass is 14.3. The van der Waals surface area contributed by atoms with Gasteiger partial charge in [0.15, 0.2) is 0 Å². The fourth-order valence-electron chi connectivity index (χ4n) is 1.63. The van der Waals surface area contributed by atoms with Crippen LogP contribution in [0.4, 0.5) is 0 Å². The molecule has 0 nitrogen and oxygen atoms in total. The molecule has 0 saturated heterocycles. The van der Waals surface area contributed by atoms with Gasteiger partial charge >= 0.3 is 0 Å². The van der Waals surface area contributed by atoms with Crippen molar-refractivity contribution in [2.24, 2.45) is 11.3 Å². The van der Waals surface area contributed by atoms with E-state index in [0.29, 0.717) is 11.3 Å². The van der Waals surface area contributed by atoms with E-state index in [1.165, 1.54) is 12.8 Å². The van der Waals surface area contributed by atoms with Crippen molar-refractivity contribution in [2.45, 2.75) is 40.5 Å². The molecule has 1 unspecified atom stereocenters. The van der Waals surface area contributed by atoms with Crippen LogP contribution in [-0.2, 0) is 0 Å². The Morgan fingerprint density at radius 3 is 2.67 bits per heavy atom. The SMILES string of the molecule is CCC1(C)C=CC=C(C(C)C)C1. The molecule has 12 heavy (non-hydrogen) atoms. The van der Waals surface area contributed by atoms with E-state index in [1.807, 2.05) is 0 Å². The molecule has 0 N–H and O–H groups in total. The van der Waals surface area contributed by atoms with E-state index in [2.05, 4.69) is 45.9 Å². The Morgan fingerprint density at radius 2 is 2.17 bits per heavy atom. The highest BCUT2D eigenvalue weighted by Gasteiger charge is 2.23. The summed E-state index contributed by atoms with van der Waals surface area (Å²) >= 11 is 0. The van der Waals surface area contributed by atoms with E-state index >= 15 is 0 Å². The van der Waals surface area contributed by atoms with Gasteiger partial charge in [0, 0.05) is 0 Å². The van der Waals surface area contributed by atoms with Crippen LogP contribution in [0.3, 0.4) is 0 Å². The lowest BCUT2D eigenvalue weighted by Gasteiger charge is -2.30. The minimum absolute atomic E-state index is 0.425. The lowest BCUT2D eigenvalue weighted by molar-refractivity contribution is 0.388. The van der Waals surface area contributed by atoms with Gasteiger partial charge in [-0.2, -0.15) is 0 Å². The predicted octanol–water partition coefficient (Wildman–Crippen LogP) is 3.95. The third kappa shape index (κ3) is 2.00. The maximum atomic E-state index is 2.35. The fraction of sp³-hybridized carbons (Fsp3) is 0.667. The summed E-state index contributed by atoms with van der Waals surface area (Å²) in [6, 6.07) is 0. The Labute approximate surface area is 76.4 Å². The summed E-state index contributed by atoms with van der Waals surface area (Å²) in [5.74, 6) is 0.709. The molecule has 0 spiro atoms. The monoisotopic (exact) mass is 164 g/mol. The van der Waals surface area contributed by atoms with Crippen LogP contribution in [0.15, 0.2) is 23.8 Å². The largest absolute Gasteiger partial charge is 0.0783 e. The highest BCUT2D eigenvalue weighted by molar-refractivity contribution is 5.24. The van der Waals surface area contributed by atoms with Crippen LogP contribution in [0.25, 0.3) is 0 Å². The first-order chi connectivity index (χ1) is 5.57. The molecule has 0 saturated carbocycles. The van der Waals surface area contributed by atoms with E-state index in [9.17, 15) is 0 Å². The summed E-state index contributed by atoms with van der Waals surface area (Å²) in [5, 5.41) is 0. The van der Waals surface area contributed by atoms with Crippen LogP contribution in [0.1, 0.15) is 40.5 Å². The van der Waals surface area contributed by atoms with Gasteiger partial charge < -0.3 is 0 Å². The van der Waals surface area contributed by atoms with E-state index in [4.69, 9.17) is 0 Å². The molecule has 0 aliphatic heterocycles. The van der Waals surface area contributed by atoms with Gasteiger partial charge in [-0.3, -0.25) is 0 Å². The second-order valence-corrected chi connectivity index (χ2v) is 4.44. The van der Waals surface area contributed by atoms with E-state index in [0.717, 1.165) is 0 Å². The lowest BCUT2D eigenvalue weighted by Crippen LogP contribution is -2.16. The van der Waals surface area contributed by atoms with Gasteiger partial charge in [-0.15, -0.1) is 0 Å². The molecule has 68 valence electrons. The number of allylic oxidation sites excluding steroid dienone is 4. The van der Waals surface area contributed by atoms with Crippen LogP contribution in [-0.4, -0.2) is 0 Å². The Bertz CT molecular complexity index is 208. The zero-order chi connectivity index (χ0) is 9.19. The van der Waals surface area contributed by atoms with Crippen LogP contribution in [0.5, 0.6) is 0 Å². The Hall–Kier alpha value is -0.520. The fourth-order valence-corrected chi connectivity index (χ4v) is 1.63. The van der Waals surface area contributed by atoms with Crippen molar-refractivity contribution in [1.82, 2.24) is 0 Å². The number of hydrogen-bond acceptors (Lipinski definition) is 0. The maximum absolute atomic E-state index is 2.35. The standard InChI is InChI=1S/C12H20/c1-5-12(4)8-6-7-11(9-12)10(2)3/h6-8,10H,5,9H2,1-4H3. The van der Waals surface area contributed by atoms with Gasteiger partial charge in [0.1, 0.15) is 0 Å². The van der Waals surface area contributed by atoms with Crippen molar-refractivity contribution in [3.63, 3.8) is 0 Å². The smallest absolute Gasteiger partial charge is 0.0109 e. The molecule has 0 aromatic carbocycles. The molecular weight excluding hydrogens is 144 g/mol. The molecule has 1 rings (SSSR count). The molecule has 0 fully saturated rings. The quantitative estimate of drug-likeness (QED) is 0.580. The molecule has 0 radical (unpaired) electrons. The average molecular weight is 164 g/mol. The molecule has 0 bridgehead atoms. The van der Waals surface area contributed by atoms with E-state index in [-0.39, 0.29) is 0 Å². The molecule has 0 heterocycles. The number of hydrogen-bond donors (Lipinski definition) is 0. The first kappa shape index (κ1) is 9.57. The molecule has 1 aliphatic carbocycles. The predicted molar refractivity (Wildman–Crippen MR) is 55.1 cm³/mol. The van der Waals surface area contributed by atoms with Gasteiger partial charge in [-0.05, 0) is 24.2 Å². The minimum atomic E-state index is 0.425. The van der Waals surface area contributed by atoms with Crippen molar-refractivity contribution in [3.8, 4) is 0 Å². The second-order valence-electron chi connectivity index (χ2n) is 4.44. The van der Waals surface area contributed by atoms with Gasteiger partial charge in [0.05, 0.1) is 0 Å². The molecule has 1 aliphatic rings. The summed E-state index contributed by atoms with van der Waals surface area (Å²) in [4.78, 5) is 0. The number of rotatable bonds is 2. The molecule has 1 atom stereocenters. The summed E-state index contributed by atoms with van der Waals surface area (Å²) in [5.41, 5.74) is 2.02. The molecule has 0 heteroatoms.